The van der Waals surface area contributed by atoms with E-state index in [-0.39, 0.29) is 0 Å². The quantitative estimate of drug-likeness (QED) is 0.543. The molecule has 1 unspecified atom stereocenters. The number of benzene rings is 1. The molecule has 0 radical (unpaired) electrons. The van der Waals surface area contributed by atoms with Crippen molar-refractivity contribution >= 4 is 9.28 Å². The first-order valence-corrected chi connectivity index (χ1v) is 6.64. The van der Waals surface area contributed by atoms with Crippen LogP contribution in [0, 0.1) is 0 Å². The Balaban J connectivity index is 2.65. The van der Waals surface area contributed by atoms with Gasteiger partial charge in [0, 0.05) is 19.8 Å². The van der Waals surface area contributed by atoms with Crippen LogP contribution in [0.25, 0.3) is 0 Å². The van der Waals surface area contributed by atoms with Gasteiger partial charge in [-0.1, -0.05) is 36.4 Å². The van der Waals surface area contributed by atoms with Crippen LogP contribution in [0.4, 0.5) is 0 Å². The van der Waals surface area contributed by atoms with E-state index in [1.165, 1.54) is 5.56 Å². The standard InChI is InChI=1S/C12H18O2Si/c1-4-12(15(13-2)14-3)10-11-8-6-5-7-9-11/h4-9,12,15H,1,10H2,2-3H3. The third-order valence-corrected chi connectivity index (χ3v) is 4.57. The highest BCUT2D eigenvalue weighted by Gasteiger charge is 2.21. The van der Waals surface area contributed by atoms with Crippen LogP contribution in [0.5, 0.6) is 0 Å². The summed E-state index contributed by atoms with van der Waals surface area (Å²) in [5.41, 5.74) is 1.62. The average Bonchev–Trinajstić information content (AvgIpc) is 2.30. The minimum absolute atomic E-state index is 0.322. The highest BCUT2D eigenvalue weighted by molar-refractivity contribution is 6.47. The molecule has 15 heavy (non-hydrogen) atoms. The van der Waals surface area contributed by atoms with Crippen molar-refractivity contribution in [2.24, 2.45) is 0 Å². The van der Waals surface area contributed by atoms with Crippen molar-refractivity contribution in [3.05, 3.63) is 48.6 Å². The molecular weight excluding hydrogens is 204 g/mol. The molecule has 3 heteroatoms. The molecule has 0 saturated carbocycles. The Bertz CT molecular complexity index is 283. The predicted octanol–water partition coefficient (Wildman–Crippen LogP) is 2.30. The minimum Gasteiger partial charge on any atom is -0.400 e. The summed E-state index contributed by atoms with van der Waals surface area (Å²) in [5, 5.41) is 0. The van der Waals surface area contributed by atoms with E-state index in [2.05, 4.69) is 18.7 Å². The van der Waals surface area contributed by atoms with Gasteiger partial charge >= 0.3 is 9.28 Å². The molecule has 0 fully saturated rings. The van der Waals surface area contributed by atoms with Gasteiger partial charge in [-0.15, -0.1) is 6.58 Å². The molecule has 0 heterocycles. The summed E-state index contributed by atoms with van der Waals surface area (Å²) in [6.45, 7) is 3.85. The summed E-state index contributed by atoms with van der Waals surface area (Å²) in [7, 11) is 1.83. The highest BCUT2D eigenvalue weighted by Crippen LogP contribution is 2.19. The van der Waals surface area contributed by atoms with Crippen molar-refractivity contribution in [3.63, 3.8) is 0 Å². The van der Waals surface area contributed by atoms with Gasteiger partial charge in [0.05, 0.1) is 0 Å². The van der Waals surface area contributed by atoms with Crippen LogP contribution in [0.2, 0.25) is 5.54 Å². The second-order valence-electron chi connectivity index (χ2n) is 3.43. The zero-order valence-electron chi connectivity index (χ0n) is 9.35. The number of hydrogen-bond donors (Lipinski definition) is 0. The Morgan fingerprint density at radius 2 is 1.87 bits per heavy atom. The number of allylic oxidation sites excluding steroid dienone is 1. The first-order valence-electron chi connectivity index (χ1n) is 5.04. The topological polar surface area (TPSA) is 18.5 Å². The molecule has 82 valence electrons. The maximum atomic E-state index is 5.37. The molecule has 0 aliphatic heterocycles. The van der Waals surface area contributed by atoms with Crippen molar-refractivity contribution < 1.29 is 8.85 Å². The van der Waals surface area contributed by atoms with E-state index in [0.29, 0.717) is 5.54 Å². The third-order valence-electron chi connectivity index (χ3n) is 2.43. The summed E-state index contributed by atoms with van der Waals surface area (Å²) in [6, 6.07) is 10.4. The van der Waals surface area contributed by atoms with Crippen LogP contribution in [-0.2, 0) is 15.3 Å². The monoisotopic (exact) mass is 222 g/mol. The summed E-state index contributed by atoms with van der Waals surface area (Å²) < 4.78 is 10.7. The molecule has 0 N–H and O–H groups in total. The van der Waals surface area contributed by atoms with E-state index >= 15 is 0 Å². The molecule has 1 atom stereocenters. The normalized spacial score (nSPS) is 12.7. The van der Waals surface area contributed by atoms with Gasteiger partial charge in [0.2, 0.25) is 0 Å². The van der Waals surface area contributed by atoms with E-state index in [1.807, 2.05) is 24.3 Å². The number of hydrogen-bond acceptors (Lipinski definition) is 2. The van der Waals surface area contributed by atoms with Gasteiger partial charge in [-0.2, -0.15) is 0 Å². The largest absolute Gasteiger partial charge is 0.400 e. The van der Waals surface area contributed by atoms with Crippen LogP contribution >= 0.6 is 0 Å². The molecule has 0 bridgehead atoms. The van der Waals surface area contributed by atoms with Gasteiger partial charge < -0.3 is 8.85 Å². The fraction of sp³-hybridized carbons (Fsp3) is 0.333. The van der Waals surface area contributed by atoms with Gasteiger partial charge in [-0.05, 0) is 12.0 Å². The van der Waals surface area contributed by atoms with Crippen molar-refractivity contribution in [3.8, 4) is 0 Å². The van der Waals surface area contributed by atoms with Crippen LogP contribution < -0.4 is 0 Å². The molecule has 0 aliphatic rings. The number of rotatable bonds is 6. The average molecular weight is 222 g/mol. The molecule has 1 aromatic carbocycles. The molecule has 1 aromatic rings. The third kappa shape index (κ3) is 3.62. The zero-order valence-corrected chi connectivity index (χ0v) is 10.5. The van der Waals surface area contributed by atoms with Crippen LogP contribution in [0.15, 0.2) is 43.0 Å². The Hall–Kier alpha value is -0.903. The molecule has 0 amide bonds. The fourth-order valence-electron chi connectivity index (χ4n) is 1.62. The molecule has 0 aromatic heterocycles. The lowest BCUT2D eigenvalue weighted by Gasteiger charge is -2.19. The first kappa shape index (κ1) is 12.2. The van der Waals surface area contributed by atoms with E-state index in [0.717, 1.165) is 6.42 Å². The van der Waals surface area contributed by atoms with Crippen molar-refractivity contribution in [1.29, 1.82) is 0 Å². The predicted molar refractivity (Wildman–Crippen MR) is 65.3 cm³/mol. The van der Waals surface area contributed by atoms with Crippen molar-refractivity contribution in [1.82, 2.24) is 0 Å². The lowest BCUT2D eigenvalue weighted by Crippen LogP contribution is -2.26. The SMILES string of the molecule is C=CC(Cc1ccccc1)[SiH](OC)OC. The van der Waals surface area contributed by atoms with Gasteiger partial charge in [0.25, 0.3) is 0 Å². The van der Waals surface area contributed by atoms with Gasteiger partial charge in [-0.3, -0.25) is 0 Å². The summed E-state index contributed by atoms with van der Waals surface area (Å²) in [4.78, 5) is 0. The van der Waals surface area contributed by atoms with Crippen molar-refractivity contribution in [2.75, 3.05) is 14.2 Å². The summed E-state index contributed by atoms with van der Waals surface area (Å²) >= 11 is 0. The lowest BCUT2D eigenvalue weighted by atomic mass is 10.1. The first-order chi connectivity index (χ1) is 7.31. The molecular formula is C12H18O2Si. The zero-order chi connectivity index (χ0) is 11.1. The second kappa shape index (κ2) is 6.56. The van der Waals surface area contributed by atoms with Crippen LogP contribution in [0.1, 0.15) is 5.56 Å². The Labute approximate surface area is 93.4 Å². The van der Waals surface area contributed by atoms with Gasteiger partial charge in [0.15, 0.2) is 0 Å². The Kier molecular flexibility index (Phi) is 5.32. The van der Waals surface area contributed by atoms with E-state index < -0.39 is 9.28 Å². The molecule has 2 nitrogen and oxygen atoms in total. The fourth-order valence-corrected chi connectivity index (χ4v) is 3.20. The van der Waals surface area contributed by atoms with E-state index in [9.17, 15) is 0 Å². The van der Waals surface area contributed by atoms with Gasteiger partial charge in [-0.25, -0.2) is 0 Å². The Morgan fingerprint density at radius 1 is 1.27 bits per heavy atom. The molecule has 0 saturated heterocycles. The summed E-state index contributed by atoms with van der Waals surface area (Å²) in [6.07, 6.45) is 2.89. The smallest absolute Gasteiger partial charge is 0.328 e. The van der Waals surface area contributed by atoms with Crippen LogP contribution in [-0.4, -0.2) is 23.5 Å². The van der Waals surface area contributed by atoms with Gasteiger partial charge in [0.1, 0.15) is 0 Å². The maximum Gasteiger partial charge on any atom is 0.328 e. The second-order valence-corrected chi connectivity index (χ2v) is 5.96. The van der Waals surface area contributed by atoms with Crippen LogP contribution in [0.3, 0.4) is 0 Å². The molecule has 0 spiro atoms. The highest BCUT2D eigenvalue weighted by atomic mass is 28.3. The summed E-state index contributed by atoms with van der Waals surface area (Å²) in [5.74, 6) is 0. The molecule has 0 aliphatic carbocycles. The van der Waals surface area contributed by atoms with Crippen molar-refractivity contribution in [2.45, 2.75) is 12.0 Å². The Morgan fingerprint density at radius 3 is 2.33 bits per heavy atom. The minimum atomic E-state index is -1.59. The maximum absolute atomic E-state index is 5.37. The van der Waals surface area contributed by atoms with E-state index in [1.54, 1.807) is 14.2 Å². The molecule has 1 rings (SSSR count). The lowest BCUT2D eigenvalue weighted by molar-refractivity contribution is 0.270. The van der Waals surface area contributed by atoms with E-state index in [4.69, 9.17) is 8.85 Å².